The molecule has 7 heteroatoms. The third-order valence-corrected chi connectivity index (χ3v) is 8.04. The SMILES string of the molecule is N=C(OC(=N)c1ccc2c(=O)c3cc4c(cc3oc2c1)oc1cc(N(c2ccccc2)c2ccccc2)ccc14)c1ccccc1. The van der Waals surface area contributed by atoms with Gasteiger partial charge in [-0.25, -0.2) is 0 Å². The molecule has 8 aromatic rings. The molecule has 8 rings (SSSR count). The Morgan fingerprint density at radius 1 is 0.478 bits per heavy atom. The molecular formula is C39H25N3O4. The second-order valence-electron chi connectivity index (χ2n) is 10.9. The molecular weight excluding hydrogens is 574 g/mol. The molecule has 2 aromatic heterocycles. The number of fused-ring (bicyclic) bond motifs is 5. The van der Waals surface area contributed by atoms with Gasteiger partial charge in [-0.2, -0.15) is 0 Å². The van der Waals surface area contributed by atoms with Crippen LogP contribution in [0.1, 0.15) is 11.1 Å². The van der Waals surface area contributed by atoms with E-state index in [1.807, 2.05) is 60.7 Å². The predicted octanol–water partition coefficient (Wildman–Crippen LogP) is 9.68. The van der Waals surface area contributed by atoms with E-state index in [9.17, 15) is 4.79 Å². The number of furan rings is 1. The lowest BCUT2D eigenvalue weighted by Gasteiger charge is -2.25. The zero-order chi connectivity index (χ0) is 31.2. The van der Waals surface area contributed by atoms with Gasteiger partial charge in [-0.1, -0.05) is 54.6 Å². The minimum atomic E-state index is -0.220. The van der Waals surface area contributed by atoms with E-state index in [0.29, 0.717) is 44.2 Å². The summed E-state index contributed by atoms with van der Waals surface area (Å²) in [6.45, 7) is 0. The van der Waals surface area contributed by atoms with Crippen molar-refractivity contribution in [2.24, 2.45) is 0 Å². The zero-order valence-electron chi connectivity index (χ0n) is 24.4. The van der Waals surface area contributed by atoms with Crippen molar-refractivity contribution in [2.45, 2.75) is 0 Å². The van der Waals surface area contributed by atoms with Crippen LogP contribution < -0.4 is 10.3 Å². The van der Waals surface area contributed by atoms with Crippen molar-refractivity contribution in [3.05, 3.63) is 161 Å². The van der Waals surface area contributed by atoms with Crippen LogP contribution in [0.3, 0.4) is 0 Å². The molecule has 0 saturated heterocycles. The number of nitrogens with zero attached hydrogens (tertiary/aromatic N) is 1. The molecule has 0 aliphatic rings. The molecule has 2 heterocycles. The van der Waals surface area contributed by atoms with Crippen molar-refractivity contribution < 1.29 is 13.6 Å². The van der Waals surface area contributed by atoms with Crippen molar-refractivity contribution in [3.8, 4) is 0 Å². The first-order chi connectivity index (χ1) is 22.5. The molecule has 0 spiro atoms. The molecule has 0 aliphatic carbocycles. The largest absolute Gasteiger partial charge is 0.456 e. The molecule has 0 radical (unpaired) electrons. The Labute approximate surface area is 262 Å². The van der Waals surface area contributed by atoms with E-state index in [4.69, 9.17) is 24.4 Å². The lowest BCUT2D eigenvalue weighted by Crippen LogP contribution is -2.13. The van der Waals surface area contributed by atoms with E-state index in [2.05, 4.69) is 35.2 Å². The summed E-state index contributed by atoms with van der Waals surface area (Å²) in [5.74, 6) is -0.362. The molecule has 220 valence electrons. The van der Waals surface area contributed by atoms with Crippen LogP contribution in [0.15, 0.2) is 153 Å². The summed E-state index contributed by atoms with van der Waals surface area (Å²) in [5, 5.41) is 19.2. The molecule has 46 heavy (non-hydrogen) atoms. The Hall–Kier alpha value is -6.47. The third-order valence-electron chi connectivity index (χ3n) is 8.04. The zero-order valence-corrected chi connectivity index (χ0v) is 24.4. The molecule has 0 amide bonds. The number of hydrogen-bond donors (Lipinski definition) is 2. The summed E-state index contributed by atoms with van der Waals surface area (Å²) in [6.07, 6.45) is 0. The fourth-order valence-corrected chi connectivity index (χ4v) is 5.80. The number of hydrogen-bond acceptors (Lipinski definition) is 7. The van der Waals surface area contributed by atoms with Crippen LogP contribution in [0.2, 0.25) is 0 Å². The van der Waals surface area contributed by atoms with Crippen molar-refractivity contribution in [1.29, 1.82) is 10.8 Å². The molecule has 0 aliphatic heterocycles. The van der Waals surface area contributed by atoms with Crippen LogP contribution in [0.25, 0.3) is 43.9 Å². The molecule has 2 N–H and O–H groups in total. The van der Waals surface area contributed by atoms with Crippen molar-refractivity contribution in [3.63, 3.8) is 0 Å². The van der Waals surface area contributed by atoms with Crippen LogP contribution in [-0.4, -0.2) is 11.8 Å². The summed E-state index contributed by atoms with van der Waals surface area (Å²) >= 11 is 0. The van der Waals surface area contributed by atoms with Crippen molar-refractivity contribution in [2.75, 3.05) is 4.90 Å². The predicted molar refractivity (Wildman–Crippen MR) is 183 cm³/mol. The van der Waals surface area contributed by atoms with Gasteiger partial charge in [0.2, 0.25) is 17.2 Å². The maximum absolute atomic E-state index is 13.7. The van der Waals surface area contributed by atoms with Gasteiger partial charge in [-0.15, -0.1) is 0 Å². The summed E-state index contributed by atoms with van der Waals surface area (Å²) in [7, 11) is 0. The number of benzene rings is 6. The van der Waals surface area contributed by atoms with Gasteiger partial charge in [-0.05, 0) is 72.8 Å². The molecule has 0 fully saturated rings. The van der Waals surface area contributed by atoms with E-state index in [0.717, 1.165) is 27.8 Å². The topological polar surface area (TPSA) is 104 Å². The van der Waals surface area contributed by atoms with Crippen LogP contribution in [0, 0.1) is 10.8 Å². The van der Waals surface area contributed by atoms with Crippen LogP contribution in [0.5, 0.6) is 0 Å². The summed E-state index contributed by atoms with van der Waals surface area (Å²) in [4.78, 5) is 15.8. The van der Waals surface area contributed by atoms with Gasteiger partial charge < -0.3 is 18.5 Å². The number of anilines is 3. The fourth-order valence-electron chi connectivity index (χ4n) is 5.80. The van der Waals surface area contributed by atoms with E-state index in [1.54, 1.807) is 48.5 Å². The van der Waals surface area contributed by atoms with Gasteiger partial charge in [0.15, 0.2) is 0 Å². The molecule has 0 saturated carbocycles. The maximum Gasteiger partial charge on any atom is 0.221 e. The monoisotopic (exact) mass is 599 g/mol. The van der Waals surface area contributed by atoms with Crippen LogP contribution >= 0.6 is 0 Å². The number of nitrogens with one attached hydrogen (secondary N) is 2. The molecule has 6 aromatic carbocycles. The van der Waals surface area contributed by atoms with E-state index in [1.165, 1.54) is 0 Å². The Balaban J connectivity index is 1.20. The van der Waals surface area contributed by atoms with Gasteiger partial charge in [0.1, 0.15) is 22.3 Å². The number of rotatable bonds is 5. The average Bonchev–Trinajstić information content (AvgIpc) is 3.45. The van der Waals surface area contributed by atoms with Crippen molar-refractivity contribution >= 4 is 72.7 Å². The van der Waals surface area contributed by atoms with Crippen molar-refractivity contribution in [1.82, 2.24) is 0 Å². The third kappa shape index (κ3) is 4.67. The minimum Gasteiger partial charge on any atom is -0.456 e. The van der Waals surface area contributed by atoms with Gasteiger partial charge in [0.05, 0.1) is 10.8 Å². The molecule has 7 nitrogen and oxygen atoms in total. The Bertz CT molecular complexity index is 2460. The first-order valence-corrected chi connectivity index (χ1v) is 14.7. The quantitative estimate of drug-likeness (QED) is 0.116. The smallest absolute Gasteiger partial charge is 0.221 e. The number of para-hydroxylation sites is 2. The highest BCUT2D eigenvalue weighted by Crippen LogP contribution is 2.39. The van der Waals surface area contributed by atoms with Gasteiger partial charge in [0.25, 0.3) is 0 Å². The lowest BCUT2D eigenvalue weighted by molar-refractivity contribution is 0.538. The van der Waals surface area contributed by atoms with E-state index < -0.39 is 0 Å². The lowest BCUT2D eigenvalue weighted by atomic mass is 10.1. The second kappa shape index (κ2) is 10.9. The highest BCUT2D eigenvalue weighted by atomic mass is 16.5. The summed E-state index contributed by atoms with van der Waals surface area (Å²) in [5.41, 5.74) is 5.70. The summed E-state index contributed by atoms with van der Waals surface area (Å²) < 4.78 is 18.1. The minimum absolute atomic E-state index is 0.142. The Morgan fingerprint density at radius 2 is 1.02 bits per heavy atom. The standard InChI is InChI=1S/C39H25N3O4/c40-38(24-10-4-1-5-11-24)46-39(41)25-16-18-30-33(20-25)44-36-23-35-31(22-32(36)37(30)43)29-19-17-28(21-34(29)45-35)42(26-12-6-2-7-13-26)27-14-8-3-9-15-27/h1-23,40-41H. The van der Waals surface area contributed by atoms with Gasteiger partial charge in [-0.3, -0.25) is 15.6 Å². The highest BCUT2D eigenvalue weighted by molar-refractivity contribution is 6.11. The van der Waals surface area contributed by atoms with E-state index in [-0.39, 0.29) is 17.2 Å². The number of ether oxygens (including phenoxy) is 1. The first-order valence-electron chi connectivity index (χ1n) is 14.7. The second-order valence-corrected chi connectivity index (χ2v) is 10.9. The average molecular weight is 600 g/mol. The first kappa shape index (κ1) is 27.1. The summed E-state index contributed by atoms with van der Waals surface area (Å²) in [6, 6.07) is 43.7. The normalized spacial score (nSPS) is 11.3. The fraction of sp³-hybridized carbons (Fsp3) is 0. The maximum atomic E-state index is 13.7. The van der Waals surface area contributed by atoms with Crippen LogP contribution in [0.4, 0.5) is 17.1 Å². The van der Waals surface area contributed by atoms with Gasteiger partial charge in [0, 0.05) is 51.1 Å². The molecule has 0 unspecified atom stereocenters. The molecule has 0 bridgehead atoms. The Morgan fingerprint density at radius 3 is 1.70 bits per heavy atom. The highest BCUT2D eigenvalue weighted by Gasteiger charge is 2.18. The van der Waals surface area contributed by atoms with Crippen LogP contribution in [-0.2, 0) is 4.74 Å². The van der Waals surface area contributed by atoms with Gasteiger partial charge >= 0.3 is 0 Å². The Kier molecular flexibility index (Phi) is 6.43. The molecule has 0 atom stereocenters. The van der Waals surface area contributed by atoms with E-state index >= 15 is 0 Å².